The summed E-state index contributed by atoms with van der Waals surface area (Å²) in [5, 5.41) is 13.6. The molecular weight excluding hydrogens is 128 g/mol. The molecule has 0 saturated heterocycles. The summed E-state index contributed by atoms with van der Waals surface area (Å²) in [5.41, 5.74) is 0. The molecule has 6 heavy (non-hydrogen) atoms. The standard InChI is InChI=1S/Co.Li.HNO3.H/c;;2-1(3)4;/h;;(H,2,3,4);. The van der Waals surface area contributed by atoms with Crippen molar-refractivity contribution in [2.24, 2.45) is 0 Å². The summed E-state index contributed by atoms with van der Waals surface area (Å²) in [6.07, 6.45) is 0. The molecule has 0 fully saturated rings. The van der Waals surface area contributed by atoms with E-state index in [-0.39, 0.29) is 35.6 Å². The van der Waals surface area contributed by atoms with Crippen LogP contribution in [0.15, 0.2) is 0 Å². The van der Waals surface area contributed by atoms with Crippen molar-refractivity contribution >= 4 is 18.9 Å². The number of rotatable bonds is 0. The Morgan fingerprint density at radius 2 is 1.67 bits per heavy atom. The van der Waals surface area contributed by atoms with Crippen molar-refractivity contribution in [3.8, 4) is 0 Å². The van der Waals surface area contributed by atoms with Crippen molar-refractivity contribution in [3.05, 3.63) is 10.1 Å². The Balaban J connectivity index is -0.0000000450. The number of hydrogen-bond acceptors (Lipinski definition) is 2. The summed E-state index contributed by atoms with van der Waals surface area (Å²) >= 11 is 0. The fraction of sp³-hybridized carbons (Fsp3) is 0. The summed E-state index contributed by atoms with van der Waals surface area (Å²) in [7, 11) is 0. The Bertz CT molecular complexity index is 33.8. The molecule has 0 aromatic rings. The molecule has 0 bridgehead atoms. The Morgan fingerprint density at radius 3 is 1.67 bits per heavy atom. The van der Waals surface area contributed by atoms with Gasteiger partial charge in [-0.05, 0) is 0 Å². The molecule has 1 N–H and O–H groups in total. The second-order valence-corrected chi connectivity index (χ2v) is 0.238. The maximum atomic E-state index is 8.36. The third-order valence-corrected chi connectivity index (χ3v) is 0. The summed E-state index contributed by atoms with van der Waals surface area (Å²) in [6, 6.07) is 0. The maximum absolute atomic E-state index is 8.36. The van der Waals surface area contributed by atoms with Crippen molar-refractivity contribution in [2.75, 3.05) is 0 Å². The van der Waals surface area contributed by atoms with Crippen molar-refractivity contribution in [2.45, 2.75) is 0 Å². The van der Waals surface area contributed by atoms with E-state index >= 15 is 0 Å². The van der Waals surface area contributed by atoms with E-state index in [9.17, 15) is 0 Å². The van der Waals surface area contributed by atoms with Crippen LogP contribution in [0.25, 0.3) is 0 Å². The van der Waals surface area contributed by atoms with Crippen LogP contribution in [0.5, 0.6) is 0 Å². The molecule has 6 heteroatoms. The van der Waals surface area contributed by atoms with Gasteiger partial charge in [-0.15, -0.1) is 10.1 Å². The molecule has 0 atom stereocenters. The van der Waals surface area contributed by atoms with Gasteiger partial charge in [0, 0.05) is 16.8 Å². The molecule has 0 unspecified atom stereocenters. The molecule has 0 aliphatic heterocycles. The van der Waals surface area contributed by atoms with E-state index in [2.05, 4.69) is 0 Å². The quantitative estimate of drug-likeness (QED) is 0.260. The van der Waals surface area contributed by atoms with Gasteiger partial charge in [-0.3, -0.25) is 0 Å². The van der Waals surface area contributed by atoms with E-state index in [0.717, 1.165) is 0 Å². The summed E-state index contributed by atoms with van der Waals surface area (Å²) in [6.45, 7) is 0. The zero-order chi connectivity index (χ0) is 3.58. The average Bonchev–Trinajstić information content (AvgIpc) is 0.811. The van der Waals surface area contributed by atoms with Crippen molar-refractivity contribution in [1.29, 1.82) is 0 Å². The Morgan fingerprint density at radius 1 is 1.67 bits per heavy atom. The number of hydrogen-bond donors (Lipinski definition) is 1. The fourth-order valence-electron chi connectivity index (χ4n) is 0. The molecule has 0 heterocycles. The normalized spacial score (nSPS) is 4.00. The fourth-order valence-corrected chi connectivity index (χ4v) is 0. The van der Waals surface area contributed by atoms with E-state index in [0.29, 0.717) is 0 Å². The van der Waals surface area contributed by atoms with E-state index in [4.69, 9.17) is 15.3 Å². The molecule has 0 aromatic carbocycles. The Hall–Kier alpha value is 0.304. The molecule has 0 aliphatic carbocycles. The van der Waals surface area contributed by atoms with Crippen molar-refractivity contribution in [3.63, 3.8) is 0 Å². The van der Waals surface area contributed by atoms with Crippen LogP contribution in [0.1, 0.15) is 0 Å². The molecule has 1 radical (unpaired) electrons. The minimum atomic E-state index is -1.50. The van der Waals surface area contributed by atoms with E-state index < -0.39 is 5.09 Å². The van der Waals surface area contributed by atoms with Crippen LogP contribution in [0.4, 0.5) is 0 Å². The summed E-state index contributed by atoms with van der Waals surface area (Å²) < 4.78 is 0. The van der Waals surface area contributed by atoms with Gasteiger partial charge in [-0.2, -0.15) is 0 Å². The Labute approximate surface area is 56.4 Å². The first-order chi connectivity index (χ1) is 1.73. The second kappa shape index (κ2) is 9.00. The van der Waals surface area contributed by atoms with Gasteiger partial charge in [-0.25, -0.2) is 0 Å². The zero-order valence-corrected chi connectivity index (χ0v) is 3.09. The molecule has 0 amide bonds. The van der Waals surface area contributed by atoms with Crippen molar-refractivity contribution in [1.82, 2.24) is 0 Å². The third kappa shape index (κ3) is 509. The molecule has 0 aromatic heterocycles. The van der Waals surface area contributed by atoms with E-state index in [1.165, 1.54) is 0 Å². The van der Waals surface area contributed by atoms with Gasteiger partial charge in [-0.1, -0.05) is 0 Å². The molecule has 4 nitrogen and oxygen atoms in total. The van der Waals surface area contributed by atoms with Gasteiger partial charge >= 0.3 is 18.9 Å². The molecule has 0 rings (SSSR count). The minimum absolute atomic E-state index is 0. The number of nitrogens with zero attached hydrogens (tertiary/aromatic N) is 1. The SMILES string of the molecule is O=[N+]([O-])O.[Co].[LiH]. The van der Waals surface area contributed by atoms with Gasteiger partial charge in [0.05, 0.1) is 0 Å². The molecule has 0 spiro atoms. The predicted octanol–water partition coefficient (Wildman–Crippen LogP) is -0.999. The predicted molar refractivity (Wildman–Crippen MR) is 15.9 cm³/mol. The van der Waals surface area contributed by atoms with Crippen LogP contribution >= 0.6 is 0 Å². The van der Waals surface area contributed by atoms with Crippen LogP contribution in [0, 0.1) is 10.1 Å². The van der Waals surface area contributed by atoms with Gasteiger partial charge in [0.25, 0.3) is 5.09 Å². The first kappa shape index (κ1) is 16.2. The van der Waals surface area contributed by atoms with E-state index in [1.807, 2.05) is 0 Å². The van der Waals surface area contributed by atoms with E-state index in [1.54, 1.807) is 0 Å². The topological polar surface area (TPSA) is 63.4 Å². The third-order valence-electron chi connectivity index (χ3n) is 0. The first-order valence-corrected chi connectivity index (χ1v) is 0.565. The molecule has 35 valence electrons. The van der Waals surface area contributed by atoms with Crippen molar-refractivity contribution < 1.29 is 27.1 Å². The monoisotopic (exact) mass is 130 g/mol. The van der Waals surface area contributed by atoms with Gasteiger partial charge in [0.1, 0.15) is 0 Å². The van der Waals surface area contributed by atoms with Gasteiger partial charge < -0.3 is 5.21 Å². The second-order valence-electron chi connectivity index (χ2n) is 0.238. The zero-order valence-electron chi connectivity index (χ0n) is 2.04. The Kier molecular flexibility index (Phi) is 24.4. The molecular formula is H2CoLiNO3. The summed E-state index contributed by atoms with van der Waals surface area (Å²) in [4.78, 5) is 8.36. The molecule has 0 saturated carbocycles. The summed E-state index contributed by atoms with van der Waals surface area (Å²) in [5.74, 6) is 0. The van der Waals surface area contributed by atoms with Crippen LogP contribution in [0.3, 0.4) is 0 Å². The van der Waals surface area contributed by atoms with Crippen LogP contribution < -0.4 is 0 Å². The average molecular weight is 130 g/mol. The van der Waals surface area contributed by atoms with Crippen LogP contribution in [-0.2, 0) is 16.8 Å². The van der Waals surface area contributed by atoms with Crippen LogP contribution in [-0.4, -0.2) is 29.2 Å². The van der Waals surface area contributed by atoms with Gasteiger partial charge in [0.2, 0.25) is 0 Å². The van der Waals surface area contributed by atoms with Crippen LogP contribution in [0.2, 0.25) is 0 Å². The first-order valence-electron chi connectivity index (χ1n) is 0.565. The van der Waals surface area contributed by atoms with Gasteiger partial charge in [0.15, 0.2) is 0 Å². The molecule has 0 aliphatic rings.